The van der Waals surface area contributed by atoms with Gasteiger partial charge in [-0.2, -0.15) is 0 Å². The number of quaternary nitrogens is 1. The first-order valence-electron chi connectivity index (χ1n) is 14.8. The Morgan fingerprint density at radius 1 is 0.927 bits per heavy atom. The average Bonchev–Trinajstić information content (AvgIpc) is 3.45. The van der Waals surface area contributed by atoms with Gasteiger partial charge in [-0.05, 0) is 36.1 Å². The van der Waals surface area contributed by atoms with Gasteiger partial charge in [0.25, 0.3) is 0 Å². The van der Waals surface area contributed by atoms with Crippen molar-refractivity contribution in [2.75, 3.05) is 19.6 Å². The average molecular weight is 572 g/mol. The van der Waals surface area contributed by atoms with Gasteiger partial charge in [-0.25, -0.2) is 4.98 Å². The smallest absolute Gasteiger partial charge is 0.436 e. The minimum Gasteiger partial charge on any atom is -0.436 e. The Morgan fingerprint density at radius 3 is 2.32 bits per heavy atom. The molecule has 0 spiro atoms. The molecular formula is C32H38F3N2O4+. The van der Waals surface area contributed by atoms with Gasteiger partial charge in [0, 0.05) is 24.7 Å². The van der Waals surface area contributed by atoms with Gasteiger partial charge in [0.1, 0.15) is 24.9 Å². The molecule has 3 saturated heterocycles. The summed E-state index contributed by atoms with van der Waals surface area (Å²) in [5.74, 6) is 1.48. The number of nitrogens with zero attached hydrogens (tertiary/aromatic N) is 2. The molecule has 1 aliphatic carbocycles. The van der Waals surface area contributed by atoms with Gasteiger partial charge in [0.15, 0.2) is 11.4 Å². The number of halogens is 3. The Morgan fingerprint density at radius 2 is 1.63 bits per heavy atom. The van der Waals surface area contributed by atoms with E-state index in [0.29, 0.717) is 25.0 Å². The van der Waals surface area contributed by atoms with Crippen LogP contribution in [0.5, 0.6) is 5.75 Å². The van der Waals surface area contributed by atoms with E-state index in [1.807, 2.05) is 30.3 Å². The van der Waals surface area contributed by atoms with Crippen molar-refractivity contribution >= 4 is 0 Å². The molecule has 9 heteroatoms. The van der Waals surface area contributed by atoms with E-state index in [1.54, 1.807) is 18.3 Å². The zero-order valence-corrected chi connectivity index (χ0v) is 23.2. The fourth-order valence-electron chi connectivity index (χ4n) is 7.26. The third-order valence-corrected chi connectivity index (χ3v) is 9.44. The van der Waals surface area contributed by atoms with Crippen molar-refractivity contribution < 1.29 is 36.7 Å². The maximum atomic E-state index is 12.5. The first kappa shape index (κ1) is 28.2. The molecule has 4 fully saturated rings. The molecule has 1 N–H and O–H groups in total. The van der Waals surface area contributed by atoms with Gasteiger partial charge < -0.3 is 23.5 Å². The Kier molecular flexibility index (Phi) is 7.87. The number of fused-ring (bicyclic) bond motifs is 3. The van der Waals surface area contributed by atoms with Crippen LogP contribution in [-0.2, 0) is 23.5 Å². The van der Waals surface area contributed by atoms with Crippen LogP contribution in [-0.4, -0.2) is 46.7 Å². The number of rotatable bonds is 9. The summed E-state index contributed by atoms with van der Waals surface area (Å²) in [6.07, 6.45) is 4.55. The molecule has 1 aromatic heterocycles. The van der Waals surface area contributed by atoms with E-state index in [4.69, 9.17) is 9.15 Å². The Labute approximate surface area is 238 Å². The van der Waals surface area contributed by atoms with Crippen LogP contribution in [0.25, 0.3) is 0 Å². The molecule has 1 unspecified atom stereocenters. The summed E-state index contributed by atoms with van der Waals surface area (Å²) in [5, 5.41) is 12.2. The lowest BCUT2D eigenvalue weighted by Gasteiger charge is -2.52. The van der Waals surface area contributed by atoms with Gasteiger partial charge in [0.2, 0.25) is 5.89 Å². The molecular weight excluding hydrogens is 533 g/mol. The molecule has 0 amide bonds. The topological polar surface area (TPSA) is 64.7 Å². The minimum absolute atomic E-state index is 0.0643. The number of aromatic nitrogens is 1. The van der Waals surface area contributed by atoms with Crippen LogP contribution in [0.3, 0.4) is 0 Å². The second kappa shape index (κ2) is 11.4. The largest absolute Gasteiger partial charge is 0.573 e. The second-order valence-electron chi connectivity index (χ2n) is 12.1. The van der Waals surface area contributed by atoms with Crippen LogP contribution in [0.4, 0.5) is 13.2 Å². The molecule has 4 aliphatic rings. The Balaban J connectivity index is 1.13. The number of hydrogen-bond acceptors (Lipinski definition) is 5. The first-order chi connectivity index (χ1) is 19.7. The molecule has 0 radical (unpaired) electrons. The number of oxazole rings is 1. The number of benzene rings is 2. The summed E-state index contributed by atoms with van der Waals surface area (Å²) in [6, 6.07) is 15.7. The highest BCUT2D eigenvalue weighted by atomic mass is 19.4. The molecule has 4 heterocycles. The molecule has 220 valence electrons. The third kappa shape index (κ3) is 6.17. The quantitative estimate of drug-likeness (QED) is 0.289. The molecule has 3 aromatic rings. The minimum atomic E-state index is -4.70. The predicted molar refractivity (Wildman–Crippen MR) is 146 cm³/mol. The van der Waals surface area contributed by atoms with E-state index in [-0.39, 0.29) is 17.8 Å². The van der Waals surface area contributed by atoms with Crippen molar-refractivity contribution in [3.8, 4) is 5.75 Å². The standard InChI is InChI=1S/C32H38F3N2O4/c33-32(34,35)41-27-13-11-23(12-14-27)22-39-29-21-37(17-15-24(29)16-18-37)20-28-19-36-30(40-28)31(38,25-7-3-1-4-8-25)26-9-5-2-6-10-26/h1,3-4,7-8,11-14,19,24,26,29,38H,2,5-6,9-10,15-18,20-22H2/q+1/t24?,29?,31-,37?/m0/s1. The van der Waals surface area contributed by atoms with Crippen LogP contribution in [0.2, 0.25) is 0 Å². The van der Waals surface area contributed by atoms with E-state index >= 15 is 0 Å². The predicted octanol–water partition coefficient (Wildman–Crippen LogP) is 6.72. The second-order valence-corrected chi connectivity index (χ2v) is 12.1. The van der Waals surface area contributed by atoms with Crippen LogP contribution >= 0.6 is 0 Å². The van der Waals surface area contributed by atoms with Gasteiger partial charge in [-0.15, -0.1) is 13.2 Å². The summed E-state index contributed by atoms with van der Waals surface area (Å²) in [6.45, 7) is 3.96. The van der Waals surface area contributed by atoms with Crippen molar-refractivity contribution in [1.29, 1.82) is 0 Å². The first-order valence-corrected chi connectivity index (χ1v) is 14.8. The Hall–Kier alpha value is -2.88. The van der Waals surface area contributed by atoms with E-state index < -0.39 is 12.0 Å². The fraction of sp³-hybridized carbons (Fsp3) is 0.531. The van der Waals surface area contributed by atoms with E-state index in [0.717, 1.165) is 79.5 Å². The molecule has 2 bridgehead atoms. The summed E-state index contributed by atoms with van der Waals surface area (Å²) in [7, 11) is 0. The summed E-state index contributed by atoms with van der Waals surface area (Å²) < 4.78 is 54.9. The normalized spacial score (nSPS) is 26.5. The van der Waals surface area contributed by atoms with Gasteiger partial charge in [0.05, 0.1) is 25.9 Å². The van der Waals surface area contributed by atoms with Crippen molar-refractivity contribution in [2.24, 2.45) is 11.8 Å². The highest BCUT2D eigenvalue weighted by Crippen LogP contribution is 2.44. The van der Waals surface area contributed by atoms with Crippen LogP contribution in [0.1, 0.15) is 67.7 Å². The lowest BCUT2D eigenvalue weighted by atomic mass is 9.73. The lowest BCUT2D eigenvalue weighted by molar-refractivity contribution is -0.959. The van der Waals surface area contributed by atoms with Crippen molar-refractivity contribution in [3.63, 3.8) is 0 Å². The van der Waals surface area contributed by atoms with Gasteiger partial charge >= 0.3 is 6.36 Å². The monoisotopic (exact) mass is 571 g/mol. The SMILES string of the molecule is O[C@](c1ccccc1)(c1ncc(C[N+]23CCC(CC2)C(OCc2ccc(OC(F)(F)F)cc2)C3)o1)C1CCCCC1. The van der Waals surface area contributed by atoms with E-state index in [1.165, 1.54) is 18.6 Å². The maximum Gasteiger partial charge on any atom is 0.573 e. The number of piperidine rings is 3. The van der Waals surface area contributed by atoms with Crippen LogP contribution in [0.15, 0.2) is 65.2 Å². The molecule has 2 atom stereocenters. The summed E-state index contributed by atoms with van der Waals surface area (Å²) in [4.78, 5) is 4.67. The molecule has 2 aromatic carbocycles. The maximum absolute atomic E-state index is 12.5. The zero-order valence-electron chi connectivity index (χ0n) is 23.2. The van der Waals surface area contributed by atoms with Crippen molar-refractivity contribution in [2.45, 2.75) is 76.2 Å². The molecule has 6 nitrogen and oxygen atoms in total. The van der Waals surface area contributed by atoms with Crippen molar-refractivity contribution in [3.05, 3.63) is 83.6 Å². The van der Waals surface area contributed by atoms with E-state index in [2.05, 4.69) is 9.72 Å². The Bertz CT molecular complexity index is 1280. The van der Waals surface area contributed by atoms with Gasteiger partial charge in [-0.3, -0.25) is 0 Å². The number of ether oxygens (including phenoxy) is 2. The fourth-order valence-corrected chi connectivity index (χ4v) is 7.26. The molecule has 7 rings (SSSR count). The summed E-state index contributed by atoms with van der Waals surface area (Å²) >= 11 is 0. The van der Waals surface area contributed by atoms with Crippen LogP contribution < -0.4 is 4.74 Å². The molecule has 1 saturated carbocycles. The number of aliphatic hydroxyl groups is 1. The molecule has 3 aliphatic heterocycles. The zero-order chi connectivity index (χ0) is 28.5. The van der Waals surface area contributed by atoms with Gasteiger partial charge in [-0.1, -0.05) is 61.7 Å². The molecule has 41 heavy (non-hydrogen) atoms. The van der Waals surface area contributed by atoms with Crippen LogP contribution in [0, 0.1) is 11.8 Å². The van der Waals surface area contributed by atoms with Crippen molar-refractivity contribution in [1.82, 2.24) is 4.98 Å². The van der Waals surface area contributed by atoms with E-state index in [9.17, 15) is 18.3 Å². The summed E-state index contributed by atoms with van der Waals surface area (Å²) in [5.41, 5.74) is 0.393. The number of alkyl halides is 3. The third-order valence-electron chi connectivity index (χ3n) is 9.44. The lowest BCUT2D eigenvalue weighted by Crippen LogP contribution is -2.63. The highest BCUT2D eigenvalue weighted by molar-refractivity contribution is 5.30. The highest BCUT2D eigenvalue weighted by Gasteiger charge is 2.48. The number of hydrogen-bond donors (Lipinski definition) is 1.